The molecule has 0 aromatic carbocycles. The molecule has 0 atom stereocenters. The number of rotatable bonds is 3. The maximum absolute atomic E-state index is 10.8. The topological polar surface area (TPSA) is 68.1 Å². The second-order valence-electron chi connectivity index (χ2n) is 4.11. The van der Waals surface area contributed by atoms with Gasteiger partial charge in [-0.05, 0) is 34.9 Å². The first-order valence-electron chi connectivity index (χ1n) is 5.63. The highest BCUT2D eigenvalue weighted by Crippen LogP contribution is 2.26. The number of pyridine rings is 1. The van der Waals surface area contributed by atoms with Gasteiger partial charge in [0.15, 0.2) is 0 Å². The van der Waals surface area contributed by atoms with Gasteiger partial charge in [0.1, 0.15) is 11.9 Å². The van der Waals surface area contributed by atoms with E-state index in [9.17, 15) is 10.1 Å². The summed E-state index contributed by atoms with van der Waals surface area (Å²) in [5.41, 5.74) is 0.541. The lowest BCUT2D eigenvalue weighted by atomic mass is 9.95. The SMILES string of the molecule is O=[N+]([O-])c1ncccc1NC1CCCCC1. The monoisotopic (exact) mass is 221 g/mol. The number of nitrogens with zero attached hydrogens (tertiary/aromatic N) is 2. The van der Waals surface area contributed by atoms with Gasteiger partial charge in [-0.1, -0.05) is 19.3 Å². The molecule has 5 heteroatoms. The number of hydrogen-bond donors (Lipinski definition) is 1. The first-order chi connectivity index (χ1) is 7.77. The largest absolute Gasteiger partial charge is 0.386 e. The van der Waals surface area contributed by atoms with Crippen molar-refractivity contribution in [1.82, 2.24) is 4.98 Å². The molecule has 0 aliphatic heterocycles. The maximum atomic E-state index is 10.8. The van der Waals surface area contributed by atoms with Crippen LogP contribution in [0.3, 0.4) is 0 Å². The molecule has 0 bridgehead atoms. The second-order valence-corrected chi connectivity index (χ2v) is 4.11. The van der Waals surface area contributed by atoms with E-state index in [0.29, 0.717) is 11.7 Å². The van der Waals surface area contributed by atoms with Crippen molar-refractivity contribution in [3.8, 4) is 0 Å². The summed E-state index contributed by atoms with van der Waals surface area (Å²) < 4.78 is 0. The lowest BCUT2D eigenvalue weighted by molar-refractivity contribution is -0.388. The van der Waals surface area contributed by atoms with Gasteiger partial charge in [0, 0.05) is 6.04 Å². The van der Waals surface area contributed by atoms with Crippen molar-refractivity contribution < 1.29 is 4.92 Å². The van der Waals surface area contributed by atoms with E-state index >= 15 is 0 Å². The van der Waals surface area contributed by atoms with Crippen molar-refractivity contribution in [2.24, 2.45) is 0 Å². The van der Waals surface area contributed by atoms with Crippen molar-refractivity contribution in [2.45, 2.75) is 38.1 Å². The molecule has 1 N–H and O–H groups in total. The number of hydrogen-bond acceptors (Lipinski definition) is 4. The van der Waals surface area contributed by atoms with E-state index in [4.69, 9.17) is 0 Å². The molecule has 5 nitrogen and oxygen atoms in total. The van der Waals surface area contributed by atoms with Gasteiger partial charge in [0.05, 0.1) is 0 Å². The smallest absolute Gasteiger partial charge is 0.375 e. The van der Waals surface area contributed by atoms with Gasteiger partial charge in [-0.15, -0.1) is 0 Å². The Labute approximate surface area is 94.0 Å². The molecule has 0 amide bonds. The fraction of sp³-hybridized carbons (Fsp3) is 0.545. The fourth-order valence-electron chi connectivity index (χ4n) is 2.12. The highest BCUT2D eigenvalue weighted by molar-refractivity contribution is 5.57. The first-order valence-corrected chi connectivity index (χ1v) is 5.63. The summed E-state index contributed by atoms with van der Waals surface area (Å²) in [5.74, 6) is -0.0759. The Morgan fingerprint density at radius 3 is 2.81 bits per heavy atom. The Morgan fingerprint density at radius 2 is 2.12 bits per heavy atom. The van der Waals surface area contributed by atoms with Crippen molar-refractivity contribution in [1.29, 1.82) is 0 Å². The summed E-state index contributed by atoms with van der Waals surface area (Å²) in [6.07, 6.45) is 7.30. The van der Waals surface area contributed by atoms with E-state index in [2.05, 4.69) is 10.3 Å². The summed E-state index contributed by atoms with van der Waals surface area (Å²) in [5, 5.41) is 14.0. The van der Waals surface area contributed by atoms with Gasteiger partial charge in [-0.3, -0.25) is 0 Å². The number of nitro groups is 1. The second kappa shape index (κ2) is 4.92. The minimum Gasteiger partial charge on any atom is -0.375 e. The standard InChI is InChI=1S/C11H15N3O2/c15-14(16)11-10(7-4-8-12-11)13-9-5-2-1-3-6-9/h4,7-9,13H,1-3,5-6H2. The molecule has 1 aromatic heterocycles. The molecule has 0 spiro atoms. The summed E-state index contributed by atoms with van der Waals surface area (Å²) in [6.45, 7) is 0. The lowest BCUT2D eigenvalue weighted by Crippen LogP contribution is -2.22. The molecule has 1 saturated carbocycles. The van der Waals surface area contributed by atoms with Gasteiger partial charge in [-0.2, -0.15) is 0 Å². The van der Waals surface area contributed by atoms with Crippen molar-refractivity contribution in [2.75, 3.05) is 5.32 Å². The van der Waals surface area contributed by atoms with Crippen LogP contribution in [0.25, 0.3) is 0 Å². The summed E-state index contributed by atoms with van der Waals surface area (Å²) >= 11 is 0. The van der Waals surface area contributed by atoms with E-state index in [1.807, 2.05) is 0 Å². The summed E-state index contributed by atoms with van der Waals surface area (Å²) in [6, 6.07) is 3.80. The predicted molar refractivity (Wildman–Crippen MR) is 61.4 cm³/mol. The van der Waals surface area contributed by atoms with Crippen molar-refractivity contribution >= 4 is 11.5 Å². The maximum Gasteiger partial charge on any atom is 0.386 e. The van der Waals surface area contributed by atoms with Crippen LogP contribution in [0.4, 0.5) is 11.5 Å². The van der Waals surface area contributed by atoms with Crippen LogP contribution in [-0.2, 0) is 0 Å². The normalized spacial score (nSPS) is 17.0. The third kappa shape index (κ3) is 2.48. The third-order valence-corrected chi connectivity index (χ3v) is 2.92. The Morgan fingerprint density at radius 1 is 1.38 bits per heavy atom. The third-order valence-electron chi connectivity index (χ3n) is 2.92. The predicted octanol–water partition coefficient (Wildman–Crippen LogP) is 2.73. The van der Waals surface area contributed by atoms with Crippen LogP contribution in [0.1, 0.15) is 32.1 Å². The average molecular weight is 221 g/mol. The first kappa shape index (κ1) is 10.9. The zero-order chi connectivity index (χ0) is 11.4. The molecule has 1 fully saturated rings. The van der Waals surface area contributed by atoms with E-state index < -0.39 is 4.92 Å². The summed E-state index contributed by atoms with van der Waals surface area (Å²) in [4.78, 5) is 14.1. The van der Waals surface area contributed by atoms with Gasteiger partial charge < -0.3 is 15.4 Å². The minimum atomic E-state index is -0.439. The highest BCUT2D eigenvalue weighted by atomic mass is 16.6. The van der Waals surface area contributed by atoms with E-state index in [-0.39, 0.29) is 5.82 Å². The fourth-order valence-corrected chi connectivity index (χ4v) is 2.12. The molecule has 0 radical (unpaired) electrons. The quantitative estimate of drug-likeness (QED) is 0.629. The molecule has 16 heavy (non-hydrogen) atoms. The van der Waals surface area contributed by atoms with E-state index in [0.717, 1.165) is 12.8 Å². The summed E-state index contributed by atoms with van der Waals surface area (Å²) in [7, 11) is 0. The molecule has 1 aromatic rings. The average Bonchev–Trinajstić information content (AvgIpc) is 2.31. The van der Waals surface area contributed by atoms with Crippen LogP contribution >= 0.6 is 0 Å². The number of anilines is 1. The molecule has 0 unspecified atom stereocenters. The minimum absolute atomic E-state index is 0.0759. The molecule has 1 aliphatic carbocycles. The Bertz CT molecular complexity index is 375. The van der Waals surface area contributed by atoms with E-state index in [1.54, 1.807) is 12.1 Å². The van der Waals surface area contributed by atoms with Gasteiger partial charge in [-0.25, -0.2) is 0 Å². The van der Waals surface area contributed by atoms with Crippen LogP contribution in [0, 0.1) is 10.1 Å². The van der Waals surface area contributed by atoms with Crippen LogP contribution in [0.2, 0.25) is 0 Å². The molecule has 0 saturated heterocycles. The Hall–Kier alpha value is -1.65. The molecule has 86 valence electrons. The Kier molecular flexibility index (Phi) is 3.34. The van der Waals surface area contributed by atoms with Gasteiger partial charge >= 0.3 is 5.82 Å². The van der Waals surface area contributed by atoms with Crippen molar-refractivity contribution in [3.05, 3.63) is 28.4 Å². The lowest BCUT2D eigenvalue weighted by Gasteiger charge is -2.23. The number of aromatic nitrogens is 1. The van der Waals surface area contributed by atoms with Crippen LogP contribution in [0.5, 0.6) is 0 Å². The van der Waals surface area contributed by atoms with Crippen LogP contribution < -0.4 is 5.32 Å². The van der Waals surface area contributed by atoms with Gasteiger partial charge in [0.2, 0.25) is 0 Å². The van der Waals surface area contributed by atoms with Crippen LogP contribution in [0.15, 0.2) is 18.3 Å². The molecule has 1 heterocycles. The van der Waals surface area contributed by atoms with E-state index in [1.165, 1.54) is 25.5 Å². The zero-order valence-electron chi connectivity index (χ0n) is 9.06. The number of nitrogens with one attached hydrogen (secondary N) is 1. The Balaban J connectivity index is 2.10. The molecular formula is C11H15N3O2. The molecule has 2 rings (SSSR count). The van der Waals surface area contributed by atoms with Crippen molar-refractivity contribution in [3.63, 3.8) is 0 Å². The zero-order valence-corrected chi connectivity index (χ0v) is 9.06. The highest BCUT2D eigenvalue weighted by Gasteiger charge is 2.19. The molecule has 1 aliphatic rings. The molecular weight excluding hydrogens is 206 g/mol. The van der Waals surface area contributed by atoms with Crippen LogP contribution in [-0.4, -0.2) is 15.9 Å². The van der Waals surface area contributed by atoms with Gasteiger partial charge in [0.25, 0.3) is 0 Å².